The molecule has 0 aromatic heterocycles. The monoisotopic (exact) mass is 416 g/mol. The average molecular weight is 417 g/mol. The van der Waals surface area contributed by atoms with Gasteiger partial charge in [-0.3, -0.25) is 4.79 Å². The number of phenols is 1. The number of nitrogens with two attached hydrogens (primary N) is 1. The Kier molecular flexibility index (Phi) is 9.60. The number of aliphatic hydroxyl groups excluding tert-OH is 1. The first kappa shape index (κ1) is 23.7. The SMILES string of the molecule is CCOCCOc1ccc(C(O)CNC(C)CCc2ccc(O)cc2)cc1C(N)=O. The van der Waals surface area contributed by atoms with Crippen molar-refractivity contribution in [1.29, 1.82) is 0 Å². The smallest absolute Gasteiger partial charge is 0.252 e. The zero-order valence-corrected chi connectivity index (χ0v) is 17.6. The Morgan fingerprint density at radius 2 is 1.90 bits per heavy atom. The van der Waals surface area contributed by atoms with Gasteiger partial charge in [0.25, 0.3) is 5.91 Å². The minimum atomic E-state index is -0.781. The molecule has 0 radical (unpaired) electrons. The number of carbonyl (C=O) groups is 1. The van der Waals surface area contributed by atoms with Gasteiger partial charge in [-0.1, -0.05) is 18.2 Å². The maximum absolute atomic E-state index is 11.8. The van der Waals surface area contributed by atoms with Crippen LogP contribution in [0.2, 0.25) is 0 Å². The van der Waals surface area contributed by atoms with Crippen LogP contribution in [-0.4, -0.2) is 48.5 Å². The molecule has 2 aromatic carbocycles. The van der Waals surface area contributed by atoms with E-state index in [1.807, 2.05) is 19.1 Å². The van der Waals surface area contributed by atoms with E-state index in [4.69, 9.17) is 15.2 Å². The summed E-state index contributed by atoms with van der Waals surface area (Å²) in [4.78, 5) is 11.8. The number of carbonyl (C=O) groups excluding carboxylic acids is 1. The molecular formula is C23H32N2O5. The number of aliphatic hydroxyl groups is 1. The molecule has 5 N–H and O–H groups in total. The van der Waals surface area contributed by atoms with Gasteiger partial charge < -0.3 is 30.7 Å². The topological polar surface area (TPSA) is 114 Å². The Morgan fingerprint density at radius 1 is 1.17 bits per heavy atom. The van der Waals surface area contributed by atoms with Gasteiger partial charge in [-0.25, -0.2) is 0 Å². The van der Waals surface area contributed by atoms with E-state index in [1.54, 1.807) is 30.3 Å². The third-order valence-corrected chi connectivity index (χ3v) is 4.81. The number of aryl methyl sites for hydroxylation is 1. The van der Waals surface area contributed by atoms with Crippen molar-refractivity contribution >= 4 is 5.91 Å². The van der Waals surface area contributed by atoms with Crippen molar-refractivity contribution in [3.05, 3.63) is 59.2 Å². The quantitative estimate of drug-likeness (QED) is 0.373. The van der Waals surface area contributed by atoms with Gasteiger partial charge >= 0.3 is 0 Å². The molecule has 0 aliphatic heterocycles. The number of phenolic OH excluding ortho intramolecular Hbond substituents is 1. The van der Waals surface area contributed by atoms with Gasteiger partial charge in [-0.15, -0.1) is 0 Å². The summed E-state index contributed by atoms with van der Waals surface area (Å²) in [6.45, 7) is 5.63. The van der Waals surface area contributed by atoms with Gasteiger partial charge in [-0.2, -0.15) is 0 Å². The third-order valence-electron chi connectivity index (χ3n) is 4.81. The molecule has 2 atom stereocenters. The molecule has 7 heteroatoms. The van der Waals surface area contributed by atoms with Crippen LogP contribution in [0.4, 0.5) is 0 Å². The van der Waals surface area contributed by atoms with E-state index >= 15 is 0 Å². The van der Waals surface area contributed by atoms with Crippen molar-refractivity contribution in [3.8, 4) is 11.5 Å². The molecule has 0 fully saturated rings. The summed E-state index contributed by atoms with van der Waals surface area (Å²) in [6, 6.07) is 12.3. The van der Waals surface area contributed by atoms with Crippen LogP contribution in [-0.2, 0) is 11.2 Å². The van der Waals surface area contributed by atoms with E-state index in [0.29, 0.717) is 37.7 Å². The second-order valence-electron chi connectivity index (χ2n) is 7.20. The zero-order chi connectivity index (χ0) is 21.9. The van der Waals surface area contributed by atoms with Gasteiger partial charge in [0.1, 0.15) is 18.1 Å². The highest BCUT2D eigenvalue weighted by molar-refractivity contribution is 5.95. The number of benzene rings is 2. The van der Waals surface area contributed by atoms with E-state index in [9.17, 15) is 15.0 Å². The van der Waals surface area contributed by atoms with E-state index in [-0.39, 0.29) is 17.4 Å². The summed E-state index contributed by atoms with van der Waals surface area (Å²) in [6.07, 6.45) is 0.970. The van der Waals surface area contributed by atoms with Crippen LogP contribution in [0.5, 0.6) is 11.5 Å². The molecule has 7 nitrogen and oxygen atoms in total. The highest BCUT2D eigenvalue weighted by atomic mass is 16.5. The fourth-order valence-electron chi connectivity index (χ4n) is 3.01. The maximum Gasteiger partial charge on any atom is 0.252 e. The number of aromatic hydroxyl groups is 1. The van der Waals surface area contributed by atoms with Crippen molar-refractivity contribution < 1.29 is 24.5 Å². The van der Waals surface area contributed by atoms with Crippen LogP contribution in [0.15, 0.2) is 42.5 Å². The Morgan fingerprint density at radius 3 is 2.57 bits per heavy atom. The highest BCUT2D eigenvalue weighted by Gasteiger charge is 2.15. The number of primary amides is 1. The number of hydrogen-bond donors (Lipinski definition) is 4. The number of rotatable bonds is 13. The second kappa shape index (κ2) is 12.2. The number of hydrogen-bond acceptors (Lipinski definition) is 6. The summed E-state index contributed by atoms with van der Waals surface area (Å²) in [5.41, 5.74) is 7.46. The lowest BCUT2D eigenvalue weighted by atomic mass is 10.0. The zero-order valence-electron chi connectivity index (χ0n) is 17.6. The van der Waals surface area contributed by atoms with Crippen molar-refractivity contribution in [2.45, 2.75) is 38.8 Å². The molecule has 0 bridgehead atoms. The lowest BCUT2D eigenvalue weighted by Crippen LogP contribution is -2.31. The molecule has 0 saturated heterocycles. The van der Waals surface area contributed by atoms with Crippen molar-refractivity contribution in [1.82, 2.24) is 5.32 Å². The number of ether oxygens (including phenoxy) is 2. The first-order valence-corrected chi connectivity index (χ1v) is 10.2. The Hall–Kier alpha value is -2.61. The largest absolute Gasteiger partial charge is 0.508 e. The molecule has 0 heterocycles. The summed E-state index contributed by atoms with van der Waals surface area (Å²) in [5.74, 6) is 0.0353. The second-order valence-corrected chi connectivity index (χ2v) is 7.20. The van der Waals surface area contributed by atoms with Crippen molar-refractivity contribution in [2.75, 3.05) is 26.4 Å². The van der Waals surface area contributed by atoms with Gasteiger partial charge in [0, 0.05) is 19.2 Å². The summed E-state index contributed by atoms with van der Waals surface area (Å²) >= 11 is 0. The van der Waals surface area contributed by atoms with Crippen LogP contribution in [0, 0.1) is 0 Å². The lowest BCUT2D eigenvalue weighted by Gasteiger charge is -2.19. The summed E-state index contributed by atoms with van der Waals surface area (Å²) in [5, 5.41) is 23.2. The van der Waals surface area contributed by atoms with E-state index < -0.39 is 12.0 Å². The van der Waals surface area contributed by atoms with Crippen molar-refractivity contribution in [2.24, 2.45) is 5.73 Å². The van der Waals surface area contributed by atoms with Gasteiger partial charge in [0.05, 0.1) is 18.3 Å². The molecule has 2 rings (SSSR count). The fourth-order valence-corrected chi connectivity index (χ4v) is 3.01. The summed E-state index contributed by atoms with van der Waals surface area (Å²) in [7, 11) is 0. The molecule has 2 aromatic rings. The Balaban J connectivity index is 1.87. The predicted molar refractivity (Wildman–Crippen MR) is 116 cm³/mol. The Bertz CT molecular complexity index is 795. The Labute approximate surface area is 177 Å². The molecule has 164 valence electrons. The molecule has 0 spiro atoms. The lowest BCUT2D eigenvalue weighted by molar-refractivity contribution is 0.0978. The molecule has 0 saturated carbocycles. The van der Waals surface area contributed by atoms with Crippen LogP contribution < -0.4 is 15.8 Å². The van der Waals surface area contributed by atoms with Gasteiger partial charge in [0.2, 0.25) is 0 Å². The predicted octanol–water partition coefficient (Wildman–Crippen LogP) is 2.55. The van der Waals surface area contributed by atoms with Gasteiger partial charge in [0.15, 0.2) is 0 Å². The third kappa shape index (κ3) is 7.67. The molecule has 0 aliphatic carbocycles. The van der Waals surface area contributed by atoms with E-state index in [2.05, 4.69) is 12.2 Å². The summed E-state index contributed by atoms with van der Waals surface area (Å²) < 4.78 is 10.8. The molecule has 1 amide bonds. The van der Waals surface area contributed by atoms with Crippen molar-refractivity contribution in [3.63, 3.8) is 0 Å². The minimum absolute atomic E-state index is 0.185. The number of amides is 1. The molecule has 0 aliphatic rings. The molecule has 2 unspecified atom stereocenters. The standard InChI is InChI=1S/C23H32N2O5/c1-3-29-12-13-30-22-11-8-18(14-20(22)23(24)28)21(27)15-25-16(2)4-5-17-6-9-19(26)10-7-17/h6-11,14,16,21,25-27H,3-5,12-13,15H2,1-2H3,(H2,24,28). The first-order valence-electron chi connectivity index (χ1n) is 10.2. The van der Waals surface area contributed by atoms with Crippen LogP contribution in [0.3, 0.4) is 0 Å². The highest BCUT2D eigenvalue weighted by Crippen LogP contribution is 2.23. The van der Waals surface area contributed by atoms with Gasteiger partial charge in [-0.05, 0) is 62.1 Å². The van der Waals surface area contributed by atoms with Crippen LogP contribution in [0.25, 0.3) is 0 Å². The molecular weight excluding hydrogens is 384 g/mol. The van der Waals surface area contributed by atoms with E-state index in [0.717, 1.165) is 18.4 Å². The van der Waals surface area contributed by atoms with Crippen LogP contribution in [0.1, 0.15) is 47.9 Å². The normalized spacial score (nSPS) is 13.0. The first-order chi connectivity index (χ1) is 14.4. The molecule has 30 heavy (non-hydrogen) atoms. The number of nitrogens with one attached hydrogen (secondary N) is 1. The van der Waals surface area contributed by atoms with E-state index in [1.165, 1.54) is 0 Å². The minimum Gasteiger partial charge on any atom is -0.508 e. The maximum atomic E-state index is 11.8. The average Bonchev–Trinajstić information content (AvgIpc) is 2.74. The fraction of sp³-hybridized carbons (Fsp3) is 0.435. The van der Waals surface area contributed by atoms with Crippen LogP contribution >= 0.6 is 0 Å².